The van der Waals surface area contributed by atoms with Crippen LogP contribution in [0.25, 0.3) is 0 Å². The molecule has 0 saturated carbocycles. The minimum atomic E-state index is -4.09. The summed E-state index contributed by atoms with van der Waals surface area (Å²) in [5.41, 5.74) is 2.12. The molecule has 0 aliphatic carbocycles. The van der Waals surface area contributed by atoms with Crippen LogP contribution in [-0.4, -0.2) is 39.4 Å². The van der Waals surface area contributed by atoms with Gasteiger partial charge in [-0.2, -0.15) is 0 Å². The molecule has 10 nitrogen and oxygen atoms in total. The third kappa shape index (κ3) is 5.33. The first-order valence-electron chi connectivity index (χ1n) is 10.2. The van der Waals surface area contributed by atoms with Crippen molar-refractivity contribution in [3.05, 3.63) is 78.9 Å². The lowest BCUT2D eigenvalue weighted by molar-refractivity contribution is -0.120. The van der Waals surface area contributed by atoms with E-state index in [1.54, 1.807) is 54.6 Å². The molecule has 174 valence electrons. The molecular weight excluding hydrogens is 458 g/mol. The van der Waals surface area contributed by atoms with Crippen molar-refractivity contribution < 1.29 is 22.8 Å². The smallest absolute Gasteiger partial charge is 0.333 e. The van der Waals surface area contributed by atoms with Gasteiger partial charge in [-0.3, -0.25) is 14.5 Å². The normalized spacial score (nSPS) is 12.8. The summed E-state index contributed by atoms with van der Waals surface area (Å²) in [6.45, 7) is -0.198. The van der Waals surface area contributed by atoms with E-state index in [9.17, 15) is 22.8 Å². The molecule has 4 rings (SSSR count). The molecule has 34 heavy (non-hydrogen) atoms. The Morgan fingerprint density at radius 1 is 0.882 bits per heavy atom. The Bertz CT molecular complexity index is 1330. The Labute approximate surface area is 196 Å². The molecule has 0 radical (unpaired) electrons. The highest BCUT2D eigenvalue weighted by Gasteiger charge is 2.26. The van der Waals surface area contributed by atoms with Gasteiger partial charge in [0.15, 0.2) is 0 Å². The number of fused-ring (bicyclic) bond motifs is 1. The predicted molar refractivity (Wildman–Crippen MR) is 128 cm³/mol. The van der Waals surface area contributed by atoms with Gasteiger partial charge < -0.3 is 16.0 Å². The molecule has 1 aliphatic heterocycles. The van der Waals surface area contributed by atoms with Crippen LogP contribution in [0.2, 0.25) is 0 Å². The van der Waals surface area contributed by atoms with Crippen LogP contribution in [0.15, 0.2) is 83.8 Å². The van der Waals surface area contributed by atoms with Gasteiger partial charge >= 0.3 is 6.03 Å². The Morgan fingerprint density at radius 2 is 1.56 bits per heavy atom. The van der Waals surface area contributed by atoms with Crippen molar-refractivity contribution in [2.75, 3.05) is 33.9 Å². The lowest BCUT2D eigenvalue weighted by Gasteiger charge is -2.29. The minimum absolute atomic E-state index is 0.0918. The number of urea groups is 1. The summed E-state index contributed by atoms with van der Waals surface area (Å²) in [5.74, 6) is -0.608. The Balaban J connectivity index is 1.36. The number of sulfonamides is 1. The zero-order valence-corrected chi connectivity index (χ0v) is 18.6. The van der Waals surface area contributed by atoms with Gasteiger partial charge in [-0.05, 0) is 48.5 Å². The maximum Gasteiger partial charge on any atom is 0.333 e. The van der Waals surface area contributed by atoms with Crippen molar-refractivity contribution in [3.63, 3.8) is 0 Å². The van der Waals surface area contributed by atoms with E-state index in [1.165, 1.54) is 29.2 Å². The summed E-state index contributed by atoms with van der Waals surface area (Å²) in [7, 11) is -4.09. The van der Waals surface area contributed by atoms with E-state index < -0.39 is 16.1 Å². The third-order valence-electron chi connectivity index (χ3n) is 4.94. The molecule has 1 heterocycles. The fourth-order valence-corrected chi connectivity index (χ4v) is 4.25. The molecular formula is C23H21N5O5S. The number of carbonyl (C=O) groups is 3. The maximum atomic E-state index is 12.7. The first-order valence-corrected chi connectivity index (χ1v) is 11.7. The van der Waals surface area contributed by atoms with E-state index in [-0.39, 0.29) is 29.8 Å². The van der Waals surface area contributed by atoms with Crippen LogP contribution in [0.5, 0.6) is 0 Å². The van der Waals surface area contributed by atoms with Crippen molar-refractivity contribution in [2.45, 2.75) is 4.90 Å². The monoisotopic (exact) mass is 479 g/mol. The van der Waals surface area contributed by atoms with E-state index in [1.807, 2.05) is 4.72 Å². The number of anilines is 4. The van der Waals surface area contributed by atoms with Crippen LogP contribution in [0.3, 0.4) is 0 Å². The second-order valence-electron chi connectivity index (χ2n) is 7.35. The summed E-state index contributed by atoms with van der Waals surface area (Å²) in [6, 6.07) is 20.1. The molecule has 0 spiro atoms. The second-order valence-corrected chi connectivity index (χ2v) is 9.03. The molecule has 1 aliphatic rings. The number of carbonyl (C=O) groups excluding carboxylic acids is 3. The summed E-state index contributed by atoms with van der Waals surface area (Å²) in [5, 5.41) is 8.08. The summed E-state index contributed by atoms with van der Waals surface area (Å²) >= 11 is 0. The number of nitrogens with zero attached hydrogens (tertiary/aromatic N) is 1. The Kier molecular flexibility index (Phi) is 6.46. The van der Waals surface area contributed by atoms with Gasteiger partial charge in [0.1, 0.15) is 6.54 Å². The highest BCUT2D eigenvalue weighted by Crippen LogP contribution is 2.28. The molecule has 0 atom stereocenters. The molecule has 3 aromatic carbocycles. The zero-order valence-electron chi connectivity index (χ0n) is 17.8. The fourth-order valence-electron chi connectivity index (χ4n) is 3.34. The molecule has 4 N–H and O–H groups in total. The summed E-state index contributed by atoms with van der Waals surface area (Å²) < 4.78 is 26.9. The van der Waals surface area contributed by atoms with Crippen LogP contribution < -0.4 is 25.6 Å². The van der Waals surface area contributed by atoms with Crippen LogP contribution in [-0.2, 0) is 19.6 Å². The van der Waals surface area contributed by atoms with Crippen LogP contribution >= 0.6 is 0 Å². The molecule has 0 saturated heterocycles. The van der Waals surface area contributed by atoms with E-state index >= 15 is 0 Å². The van der Waals surface area contributed by atoms with E-state index in [0.717, 1.165) is 0 Å². The van der Waals surface area contributed by atoms with Crippen LogP contribution in [0, 0.1) is 0 Å². The lowest BCUT2D eigenvalue weighted by Crippen LogP contribution is -2.44. The van der Waals surface area contributed by atoms with Crippen molar-refractivity contribution in [2.24, 2.45) is 0 Å². The Morgan fingerprint density at radius 3 is 2.29 bits per heavy atom. The van der Waals surface area contributed by atoms with Gasteiger partial charge in [-0.25, -0.2) is 17.9 Å². The minimum Gasteiger partial charge on any atom is -0.376 e. The average Bonchev–Trinajstić information content (AvgIpc) is 2.82. The van der Waals surface area contributed by atoms with Crippen molar-refractivity contribution in [1.82, 2.24) is 4.72 Å². The molecule has 0 unspecified atom stereocenters. The van der Waals surface area contributed by atoms with Crippen molar-refractivity contribution in [1.29, 1.82) is 0 Å². The summed E-state index contributed by atoms with van der Waals surface area (Å²) in [6.07, 6.45) is 0. The van der Waals surface area contributed by atoms with E-state index in [4.69, 9.17) is 0 Å². The highest BCUT2D eigenvalue weighted by atomic mass is 32.2. The number of benzene rings is 3. The second kappa shape index (κ2) is 9.63. The average molecular weight is 480 g/mol. The largest absolute Gasteiger partial charge is 0.376 e. The van der Waals surface area contributed by atoms with E-state index in [0.29, 0.717) is 22.7 Å². The number of rotatable bonds is 6. The van der Waals surface area contributed by atoms with Gasteiger partial charge in [0, 0.05) is 11.4 Å². The third-order valence-corrected chi connectivity index (χ3v) is 6.29. The molecule has 3 aromatic rings. The molecule has 0 bridgehead atoms. The standard InChI is InChI=1S/C23H21N5O5S/c29-21-15-28(20-9-5-4-8-19(20)26-21)22(30)14-24-16-10-12-18(13-11-16)34(32,33)27-23(31)25-17-6-2-1-3-7-17/h1-13,24H,14-15H2,(H,26,29)(H2,25,27,31). The fraction of sp³-hybridized carbons (Fsp3) is 0.0870. The molecule has 11 heteroatoms. The molecule has 0 aromatic heterocycles. The van der Waals surface area contributed by atoms with Crippen molar-refractivity contribution in [3.8, 4) is 0 Å². The van der Waals surface area contributed by atoms with Gasteiger partial charge in [0.2, 0.25) is 11.8 Å². The number of hydrogen-bond acceptors (Lipinski definition) is 6. The SMILES string of the molecule is O=C1CN(C(=O)CNc2ccc(S(=O)(=O)NC(=O)Nc3ccccc3)cc2)c2ccccc2N1. The van der Waals surface area contributed by atoms with Gasteiger partial charge in [0.25, 0.3) is 10.0 Å². The number of para-hydroxylation sites is 3. The van der Waals surface area contributed by atoms with E-state index in [2.05, 4.69) is 16.0 Å². The molecule has 0 fully saturated rings. The zero-order chi connectivity index (χ0) is 24.1. The molecule has 4 amide bonds. The lowest BCUT2D eigenvalue weighted by atomic mass is 10.2. The van der Waals surface area contributed by atoms with Gasteiger partial charge in [0.05, 0.1) is 22.8 Å². The quantitative estimate of drug-likeness (QED) is 0.429. The van der Waals surface area contributed by atoms with Crippen LogP contribution in [0.4, 0.5) is 27.5 Å². The highest BCUT2D eigenvalue weighted by molar-refractivity contribution is 7.90. The topological polar surface area (TPSA) is 137 Å². The van der Waals surface area contributed by atoms with Gasteiger partial charge in [-0.15, -0.1) is 0 Å². The number of nitrogens with one attached hydrogen (secondary N) is 4. The Hall–Kier alpha value is -4.38. The van der Waals surface area contributed by atoms with Crippen LogP contribution in [0.1, 0.15) is 0 Å². The number of amides is 4. The maximum absolute atomic E-state index is 12.7. The van der Waals surface area contributed by atoms with Crippen molar-refractivity contribution >= 4 is 50.6 Å². The number of hydrogen-bond donors (Lipinski definition) is 4. The first kappa shape index (κ1) is 22.8. The predicted octanol–water partition coefficient (Wildman–Crippen LogP) is 2.59. The first-order chi connectivity index (χ1) is 16.3. The van der Waals surface area contributed by atoms with Gasteiger partial charge in [-0.1, -0.05) is 30.3 Å². The summed E-state index contributed by atoms with van der Waals surface area (Å²) in [4.78, 5) is 37.9.